The van der Waals surface area contributed by atoms with Crippen molar-refractivity contribution in [2.24, 2.45) is 0 Å². The highest BCUT2D eigenvalue weighted by molar-refractivity contribution is 5.98. The number of ether oxygens (including phenoxy) is 1. The average molecular weight is 298 g/mol. The average Bonchev–Trinajstić information content (AvgIpc) is 2.86. The molecule has 1 heterocycles. The van der Waals surface area contributed by atoms with Crippen LogP contribution in [0.2, 0.25) is 0 Å². The summed E-state index contributed by atoms with van der Waals surface area (Å²) in [5.41, 5.74) is 0.347. The van der Waals surface area contributed by atoms with Crippen LogP contribution in [0.15, 0.2) is 30.6 Å². The number of ketones is 1. The fraction of sp³-hybridized carbons (Fsp3) is 0.286. The van der Waals surface area contributed by atoms with Gasteiger partial charge in [-0.05, 0) is 24.6 Å². The number of aryl methyl sites for hydroxylation is 1. The Bertz CT molecular complexity index is 662. The number of benzene rings is 1. The molecule has 0 N–H and O–H groups in total. The number of aromatic nitrogens is 2. The number of carbonyl (C=O) groups excluding carboxylic acids is 1. The highest BCUT2D eigenvalue weighted by Crippen LogP contribution is 2.28. The Labute approximate surface area is 119 Å². The number of nitrogens with zero attached hydrogens (tertiary/aromatic N) is 2. The molecule has 0 amide bonds. The lowest BCUT2D eigenvalue weighted by atomic mass is 10.1. The molecule has 0 radical (unpaired) electrons. The summed E-state index contributed by atoms with van der Waals surface area (Å²) in [7, 11) is 1.43. The summed E-state index contributed by atoms with van der Waals surface area (Å²) in [4.78, 5) is 12.1. The van der Waals surface area contributed by atoms with E-state index in [9.17, 15) is 18.0 Å². The molecule has 2 aromatic rings. The minimum Gasteiger partial charge on any atom is -0.496 e. The van der Waals surface area contributed by atoms with E-state index in [4.69, 9.17) is 4.74 Å². The largest absolute Gasteiger partial charge is 0.496 e. The second-order valence-corrected chi connectivity index (χ2v) is 4.55. The van der Waals surface area contributed by atoms with E-state index in [1.807, 2.05) is 6.92 Å². The number of halogens is 3. The minimum atomic E-state index is -4.47. The second kappa shape index (κ2) is 5.59. The monoisotopic (exact) mass is 298 g/mol. The van der Waals surface area contributed by atoms with Crippen LogP contribution in [0, 0.1) is 6.92 Å². The van der Waals surface area contributed by atoms with Crippen molar-refractivity contribution < 1.29 is 22.7 Å². The quantitative estimate of drug-likeness (QED) is 0.815. The molecule has 0 aliphatic rings. The van der Waals surface area contributed by atoms with Crippen molar-refractivity contribution in [3.63, 3.8) is 0 Å². The van der Waals surface area contributed by atoms with Crippen LogP contribution in [0.1, 0.15) is 21.5 Å². The second-order valence-electron chi connectivity index (χ2n) is 4.55. The predicted octanol–water partition coefficient (Wildman–Crippen LogP) is 3.10. The van der Waals surface area contributed by atoms with Crippen molar-refractivity contribution in [1.29, 1.82) is 0 Å². The number of Topliss-reactive ketones (excluding diaryl/α,β-unsaturated/α-hetero) is 1. The highest BCUT2D eigenvalue weighted by atomic mass is 19.4. The summed E-state index contributed by atoms with van der Waals surface area (Å²) in [5.74, 6) is 0.0203. The summed E-state index contributed by atoms with van der Waals surface area (Å²) in [6, 6.07) is 5.02. The Morgan fingerprint density at radius 1 is 1.38 bits per heavy atom. The van der Waals surface area contributed by atoms with Gasteiger partial charge < -0.3 is 4.74 Å². The van der Waals surface area contributed by atoms with Crippen LogP contribution in [0.4, 0.5) is 13.2 Å². The molecule has 7 heteroatoms. The topological polar surface area (TPSA) is 44.1 Å². The zero-order valence-electron chi connectivity index (χ0n) is 11.4. The van der Waals surface area contributed by atoms with E-state index in [1.165, 1.54) is 7.11 Å². The van der Waals surface area contributed by atoms with Gasteiger partial charge in [-0.25, -0.2) is 0 Å². The van der Waals surface area contributed by atoms with Gasteiger partial charge in [-0.3, -0.25) is 9.48 Å². The molecular formula is C14H13F3N2O2. The van der Waals surface area contributed by atoms with Crippen molar-refractivity contribution in [1.82, 2.24) is 9.78 Å². The maximum atomic E-state index is 12.5. The van der Waals surface area contributed by atoms with E-state index in [0.717, 1.165) is 16.4 Å². The third kappa shape index (κ3) is 3.42. The molecule has 112 valence electrons. The molecule has 21 heavy (non-hydrogen) atoms. The summed E-state index contributed by atoms with van der Waals surface area (Å²) in [6.45, 7) is 1.56. The maximum absolute atomic E-state index is 12.5. The zero-order chi connectivity index (χ0) is 15.6. The van der Waals surface area contributed by atoms with Crippen LogP contribution < -0.4 is 4.74 Å². The number of hydrogen-bond acceptors (Lipinski definition) is 3. The van der Waals surface area contributed by atoms with Gasteiger partial charge in [0.05, 0.1) is 24.4 Å². The number of carbonyl (C=O) groups is 1. The highest BCUT2D eigenvalue weighted by Gasteiger charge is 2.32. The fourth-order valence-electron chi connectivity index (χ4n) is 1.86. The van der Waals surface area contributed by atoms with Crippen molar-refractivity contribution in [2.75, 3.05) is 7.11 Å². The number of alkyl halides is 3. The van der Waals surface area contributed by atoms with Crippen LogP contribution in [-0.2, 0) is 12.7 Å². The van der Waals surface area contributed by atoms with Gasteiger partial charge in [-0.2, -0.15) is 18.3 Å². The molecule has 2 rings (SSSR count). The van der Waals surface area contributed by atoms with Gasteiger partial charge >= 0.3 is 6.18 Å². The van der Waals surface area contributed by atoms with Crippen molar-refractivity contribution >= 4 is 5.78 Å². The third-order valence-corrected chi connectivity index (χ3v) is 2.92. The lowest BCUT2D eigenvalue weighted by Crippen LogP contribution is -2.12. The molecule has 0 saturated carbocycles. The van der Waals surface area contributed by atoms with Gasteiger partial charge in [-0.15, -0.1) is 0 Å². The predicted molar refractivity (Wildman–Crippen MR) is 69.3 cm³/mol. The van der Waals surface area contributed by atoms with E-state index < -0.39 is 11.7 Å². The van der Waals surface area contributed by atoms with Gasteiger partial charge in [0.1, 0.15) is 12.3 Å². The molecule has 0 fully saturated rings. The maximum Gasteiger partial charge on any atom is 0.419 e. The molecule has 0 aliphatic heterocycles. The van der Waals surface area contributed by atoms with E-state index >= 15 is 0 Å². The Balaban J connectivity index is 2.20. The first kappa shape index (κ1) is 15.1. The molecule has 4 nitrogen and oxygen atoms in total. The first-order valence-electron chi connectivity index (χ1n) is 6.09. The number of rotatable bonds is 4. The number of methoxy groups -OCH3 is 1. The fourth-order valence-corrected chi connectivity index (χ4v) is 1.86. The minimum absolute atomic E-state index is 0.282. The Morgan fingerprint density at radius 3 is 2.67 bits per heavy atom. The van der Waals surface area contributed by atoms with Crippen LogP contribution in [-0.4, -0.2) is 22.7 Å². The molecule has 0 unspecified atom stereocenters. The Hall–Kier alpha value is -2.31. The molecule has 0 bridgehead atoms. The van der Waals surface area contributed by atoms with E-state index in [-0.39, 0.29) is 12.3 Å². The third-order valence-electron chi connectivity index (χ3n) is 2.92. The number of hydrogen-bond donors (Lipinski definition) is 0. The molecule has 0 atom stereocenters. The summed E-state index contributed by atoms with van der Waals surface area (Å²) in [5, 5.41) is 3.56. The first-order chi connectivity index (χ1) is 9.81. The van der Waals surface area contributed by atoms with Gasteiger partial charge in [0.25, 0.3) is 0 Å². The smallest absolute Gasteiger partial charge is 0.419 e. The van der Waals surface area contributed by atoms with Crippen LogP contribution in [0.25, 0.3) is 0 Å². The van der Waals surface area contributed by atoms with Crippen LogP contribution in [0.3, 0.4) is 0 Å². The van der Waals surface area contributed by atoms with Gasteiger partial charge in [0, 0.05) is 6.20 Å². The van der Waals surface area contributed by atoms with Gasteiger partial charge in [0.15, 0.2) is 5.78 Å². The standard InChI is InChI=1S/C14H13F3N2O2/c1-9-3-4-11(13(5-9)21-2)12(20)8-19-7-10(6-18-19)14(15,16)17/h3-7H,8H2,1-2H3. The Morgan fingerprint density at radius 2 is 2.10 bits per heavy atom. The van der Waals surface area contributed by atoms with Gasteiger partial charge in [-0.1, -0.05) is 6.07 Å². The SMILES string of the molecule is COc1cc(C)ccc1C(=O)Cn1cc(C(F)(F)F)cn1. The first-order valence-corrected chi connectivity index (χ1v) is 6.09. The molecule has 0 saturated heterocycles. The van der Waals surface area contributed by atoms with Crippen molar-refractivity contribution in [3.8, 4) is 5.75 Å². The van der Waals surface area contributed by atoms with E-state index in [2.05, 4.69) is 5.10 Å². The molecule has 0 spiro atoms. The molecule has 1 aromatic heterocycles. The summed E-state index contributed by atoms with van der Waals surface area (Å²) < 4.78 is 43.5. The lowest BCUT2D eigenvalue weighted by molar-refractivity contribution is -0.137. The van der Waals surface area contributed by atoms with E-state index in [1.54, 1.807) is 18.2 Å². The lowest BCUT2D eigenvalue weighted by Gasteiger charge is -2.08. The van der Waals surface area contributed by atoms with E-state index in [0.29, 0.717) is 17.5 Å². The van der Waals surface area contributed by atoms with Gasteiger partial charge in [0.2, 0.25) is 0 Å². The summed E-state index contributed by atoms with van der Waals surface area (Å²) >= 11 is 0. The normalized spacial score (nSPS) is 11.5. The van der Waals surface area contributed by atoms with Crippen molar-refractivity contribution in [2.45, 2.75) is 19.6 Å². The molecule has 1 aromatic carbocycles. The summed E-state index contributed by atoms with van der Waals surface area (Å²) in [6.07, 6.45) is -2.97. The Kier molecular flexibility index (Phi) is 4.02. The van der Waals surface area contributed by atoms with Crippen LogP contribution in [0.5, 0.6) is 5.75 Å². The molecular weight excluding hydrogens is 285 g/mol. The molecule has 0 aliphatic carbocycles. The zero-order valence-corrected chi connectivity index (χ0v) is 11.4. The van der Waals surface area contributed by atoms with Crippen molar-refractivity contribution in [3.05, 3.63) is 47.3 Å². The van der Waals surface area contributed by atoms with Crippen LogP contribution >= 0.6 is 0 Å².